The van der Waals surface area contributed by atoms with Gasteiger partial charge in [-0.1, -0.05) is 17.8 Å². The highest BCUT2D eigenvalue weighted by Gasteiger charge is 2.17. The number of amides is 1. The molecule has 2 rings (SSSR count). The maximum atomic E-state index is 11.6. The van der Waals surface area contributed by atoms with Gasteiger partial charge in [-0.25, -0.2) is 0 Å². The molecular weight excluding hydrogens is 250 g/mol. The highest BCUT2D eigenvalue weighted by molar-refractivity contribution is 8.12. The number of likely N-dealkylation sites (N-methyl/N-ethyl adjacent to an activating group) is 1. The summed E-state index contributed by atoms with van der Waals surface area (Å²) in [5.41, 5.74) is 1.15. The summed E-state index contributed by atoms with van der Waals surface area (Å²) in [4.78, 5) is 13.3. The van der Waals surface area contributed by atoms with Crippen LogP contribution in [-0.2, 0) is 6.42 Å². The van der Waals surface area contributed by atoms with Crippen LogP contribution in [0.1, 0.15) is 12.5 Å². The molecule has 0 spiro atoms. The first-order valence-electron chi connectivity index (χ1n) is 5.81. The number of hydrogen-bond acceptors (Lipinski definition) is 4. The molecule has 4 nitrogen and oxygen atoms in total. The normalized spacial score (nSPS) is 14.4. The number of nitrogens with zero attached hydrogens (tertiary/aromatic N) is 1. The quantitative estimate of drug-likeness (QED) is 0.844. The van der Waals surface area contributed by atoms with Crippen molar-refractivity contribution >= 4 is 17.0 Å². The van der Waals surface area contributed by atoms with E-state index in [1.165, 1.54) is 11.8 Å². The van der Waals surface area contributed by atoms with Crippen LogP contribution in [0, 0.1) is 0 Å². The molecule has 0 unspecified atom stereocenters. The molecular formula is C13H17NO3S. The molecule has 5 heteroatoms. The van der Waals surface area contributed by atoms with E-state index in [1.807, 2.05) is 32.2 Å². The maximum absolute atomic E-state index is 11.6. The van der Waals surface area contributed by atoms with E-state index in [0.717, 1.165) is 23.5 Å². The zero-order valence-electron chi connectivity index (χ0n) is 10.8. The number of rotatable bonds is 3. The summed E-state index contributed by atoms with van der Waals surface area (Å²) < 4.78 is 10.6. The zero-order valence-corrected chi connectivity index (χ0v) is 11.6. The second-order valence-electron chi connectivity index (χ2n) is 4.32. The Morgan fingerprint density at radius 3 is 2.89 bits per heavy atom. The summed E-state index contributed by atoms with van der Waals surface area (Å²) in [6.45, 7) is 2.33. The predicted molar refractivity (Wildman–Crippen MR) is 72.4 cm³/mol. The van der Waals surface area contributed by atoms with Gasteiger partial charge in [0.15, 0.2) is 11.5 Å². The Morgan fingerprint density at radius 2 is 2.17 bits per heavy atom. The Labute approximate surface area is 111 Å². The third kappa shape index (κ3) is 2.72. The first kappa shape index (κ1) is 13.1. The molecule has 1 aromatic carbocycles. The lowest BCUT2D eigenvalue weighted by Crippen LogP contribution is -2.33. The average Bonchev–Trinajstić information content (AvgIpc) is 2.84. The van der Waals surface area contributed by atoms with E-state index in [-0.39, 0.29) is 11.3 Å². The Kier molecular flexibility index (Phi) is 4.01. The lowest BCUT2D eigenvalue weighted by Gasteiger charge is -2.24. The molecule has 1 aromatic rings. The number of fused-ring (bicyclic) bond motifs is 1. The number of carbonyl (C=O) groups is 1. The van der Waals surface area contributed by atoms with Crippen LogP contribution in [0.25, 0.3) is 0 Å². The molecule has 18 heavy (non-hydrogen) atoms. The van der Waals surface area contributed by atoms with Crippen LogP contribution in [0.2, 0.25) is 0 Å². The molecule has 1 heterocycles. The van der Waals surface area contributed by atoms with E-state index in [9.17, 15) is 4.79 Å². The Balaban J connectivity index is 2.03. The average molecular weight is 267 g/mol. The van der Waals surface area contributed by atoms with Gasteiger partial charge in [-0.05, 0) is 37.3 Å². The van der Waals surface area contributed by atoms with E-state index in [1.54, 1.807) is 11.2 Å². The number of hydrogen-bond donors (Lipinski definition) is 0. The summed E-state index contributed by atoms with van der Waals surface area (Å²) in [6.07, 6.45) is 2.60. The molecule has 98 valence electrons. The molecule has 0 aromatic heterocycles. The Morgan fingerprint density at radius 1 is 1.44 bits per heavy atom. The van der Waals surface area contributed by atoms with Crippen LogP contribution in [-0.4, -0.2) is 36.3 Å². The maximum Gasteiger partial charge on any atom is 0.281 e. The van der Waals surface area contributed by atoms with E-state index in [4.69, 9.17) is 9.47 Å². The number of carbonyl (C=O) groups excluding carboxylic acids is 1. The third-order valence-corrected chi connectivity index (χ3v) is 3.73. The summed E-state index contributed by atoms with van der Waals surface area (Å²) in [7, 11) is 1.83. The molecule has 0 saturated heterocycles. The minimum absolute atomic E-state index is 0.0863. The molecule has 0 radical (unpaired) electrons. The van der Waals surface area contributed by atoms with E-state index >= 15 is 0 Å². The summed E-state index contributed by atoms with van der Waals surface area (Å²) >= 11 is 1.23. The molecule has 0 aliphatic carbocycles. The van der Waals surface area contributed by atoms with Crippen molar-refractivity contribution in [2.75, 3.05) is 20.1 Å². The third-order valence-electron chi connectivity index (χ3n) is 3.09. The van der Waals surface area contributed by atoms with Crippen LogP contribution in [0.15, 0.2) is 18.2 Å². The van der Waals surface area contributed by atoms with Gasteiger partial charge in [0.05, 0.1) is 0 Å². The van der Waals surface area contributed by atoms with Crippen molar-refractivity contribution in [2.24, 2.45) is 0 Å². The second kappa shape index (κ2) is 5.52. The van der Waals surface area contributed by atoms with Crippen molar-refractivity contribution in [1.29, 1.82) is 0 Å². The molecule has 1 aliphatic rings. The van der Waals surface area contributed by atoms with Gasteiger partial charge in [0.1, 0.15) is 0 Å². The summed E-state index contributed by atoms with van der Waals surface area (Å²) in [5.74, 6) is 1.58. The van der Waals surface area contributed by atoms with E-state index in [2.05, 4.69) is 0 Å². The Hall–Kier alpha value is -1.36. The van der Waals surface area contributed by atoms with Gasteiger partial charge >= 0.3 is 0 Å². The minimum atomic E-state index is 0.0863. The van der Waals surface area contributed by atoms with Gasteiger partial charge in [0.25, 0.3) is 5.24 Å². The largest absolute Gasteiger partial charge is 0.454 e. The van der Waals surface area contributed by atoms with Crippen molar-refractivity contribution < 1.29 is 14.3 Å². The monoisotopic (exact) mass is 267 g/mol. The highest BCUT2D eigenvalue weighted by atomic mass is 32.2. The molecule has 0 saturated carbocycles. The standard InChI is InChI=1S/C13H17NO3S/c1-9(14(2)13(15)18-3)6-10-4-5-11-12(7-10)17-8-16-11/h4-5,7,9H,6,8H2,1-3H3/t9-/m1/s1. The molecule has 1 atom stereocenters. The highest BCUT2D eigenvalue weighted by Crippen LogP contribution is 2.33. The van der Waals surface area contributed by atoms with Gasteiger partial charge in [-0.3, -0.25) is 4.79 Å². The van der Waals surface area contributed by atoms with Gasteiger partial charge < -0.3 is 14.4 Å². The van der Waals surface area contributed by atoms with Crippen LogP contribution < -0.4 is 9.47 Å². The predicted octanol–water partition coefficient (Wildman–Crippen LogP) is 2.76. The van der Waals surface area contributed by atoms with Gasteiger partial charge in [-0.15, -0.1) is 0 Å². The van der Waals surface area contributed by atoms with E-state index < -0.39 is 0 Å². The molecule has 0 bridgehead atoms. The van der Waals surface area contributed by atoms with Crippen LogP contribution in [0.4, 0.5) is 4.79 Å². The van der Waals surface area contributed by atoms with Crippen molar-refractivity contribution in [3.63, 3.8) is 0 Å². The fourth-order valence-corrected chi connectivity index (χ4v) is 2.34. The minimum Gasteiger partial charge on any atom is -0.454 e. The van der Waals surface area contributed by atoms with Gasteiger partial charge in [0, 0.05) is 13.1 Å². The first-order valence-corrected chi connectivity index (χ1v) is 7.03. The van der Waals surface area contributed by atoms with Crippen molar-refractivity contribution in [1.82, 2.24) is 4.90 Å². The number of thioether (sulfide) groups is 1. The second-order valence-corrected chi connectivity index (χ2v) is 5.08. The van der Waals surface area contributed by atoms with Crippen molar-refractivity contribution in [3.8, 4) is 11.5 Å². The molecule has 0 N–H and O–H groups in total. The number of ether oxygens (including phenoxy) is 2. The topological polar surface area (TPSA) is 38.8 Å². The van der Waals surface area contributed by atoms with Crippen molar-refractivity contribution in [2.45, 2.75) is 19.4 Å². The lowest BCUT2D eigenvalue weighted by atomic mass is 10.1. The van der Waals surface area contributed by atoms with Gasteiger partial charge in [-0.2, -0.15) is 0 Å². The zero-order chi connectivity index (χ0) is 13.1. The van der Waals surface area contributed by atoms with Crippen LogP contribution in [0.3, 0.4) is 0 Å². The fraction of sp³-hybridized carbons (Fsp3) is 0.462. The first-order chi connectivity index (χ1) is 8.61. The summed E-state index contributed by atoms with van der Waals surface area (Å²) in [5, 5.41) is 0.0863. The van der Waals surface area contributed by atoms with Crippen molar-refractivity contribution in [3.05, 3.63) is 23.8 Å². The lowest BCUT2D eigenvalue weighted by molar-refractivity contribution is 0.174. The number of benzene rings is 1. The van der Waals surface area contributed by atoms with Crippen LogP contribution in [0.5, 0.6) is 11.5 Å². The fourth-order valence-electron chi connectivity index (χ4n) is 1.87. The Bertz CT molecular complexity index is 450. The molecule has 0 fully saturated rings. The summed E-state index contributed by atoms with van der Waals surface area (Å²) in [6, 6.07) is 6.07. The van der Waals surface area contributed by atoms with Gasteiger partial charge in [0.2, 0.25) is 6.79 Å². The molecule has 1 amide bonds. The molecule has 1 aliphatic heterocycles. The van der Waals surface area contributed by atoms with E-state index in [0.29, 0.717) is 6.79 Å². The van der Waals surface area contributed by atoms with Crippen LogP contribution >= 0.6 is 11.8 Å². The SMILES string of the molecule is CSC(=O)N(C)[C@H](C)Cc1ccc2c(c1)OCO2. The smallest absolute Gasteiger partial charge is 0.281 e.